The Bertz CT molecular complexity index is 826. The van der Waals surface area contributed by atoms with Crippen LogP contribution in [0.2, 0.25) is 0 Å². The lowest BCUT2D eigenvalue weighted by Crippen LogP contribution is -2.52. The number of hydrazine groups is 1. The zero-order chi connectivity index (χ0) is 19.9. The summed E-state index contributed by atoms with van der Waals surface area (Å²) in [6.45, 7) is 2.61. The van der Waals surface area contributed by atoms with E-state index in [4.69, 9.17) is 0 Å². The third-order valence-electron chi connectivity index (χ3n) is 5.11. The van der Waals surface area contributed by atoms with Crippen molar-refractivity contribution >= 4 is 17.7 Å². The minimum atomic E-state index is -0.852. The number of carbonyl (C=O) groups excluding carboxylic acids is 3. The molecule has 7 heteroatoms. The fraction of sp³-hybridized carbons (Fsp3) is 0.333. The zero-order valence-corrected chi connectivity index (χ0v) is 15.8. The molecule has 1 aliphatic rings. The second-order valence-corrected chi connectivity index (χ2v) is 6.89. The minimum absolute atomic E-state index is 0.142. The van der Waals surface area contributed by atoms with Gasteiger partial charge in [0.2, 0.25) is 0 Å². The second-order valence-electron chi connectivity index (χ2n) is 6.89. The first-order valence-electron chi connectivity index (χ1n) is 9.46. The first kappa shape index (κ1) is 19.5. The van der Waals surface area contributed by atoms with E-state index in [1.807, 2.05) is 30.3 Å². The molecule has 0 bridgehead atoms. The molecule has 7 nitrogen and oxygen atoms in total. The average molecular weight is 380 g/mol. The normalized spacial score (nSPS) is 19.0. The van der Waals surface area contributed by atoms with E-state index in [2.05, 4.69) is 22.8 Å². The highest BCUT2D eigenvalue weighted by atomic mass is 16.2. The first-order valence-corrected chi connectivity index (χ1v) is 9.46. The van der Waals surface area contributed by atoms with Crippen LogP contribution in [0.3, 0.4) is 0 Å². The predicted molar refractivity (Wildman–Crippen MR) is 104 cm³/mol. The summed E-state index contributed by atoms with van der Waals surface area (Å²) < 4.78 is 0. The van der Waals surface area contributed by atoms with Gasteiger partial charge in [-0.1, -0.05) is 43.7 Å². The summed E-state index contributed by atoms with van der Waals surface area (Å²) in [5, 5.41) is 0. The molecule has 2 heterocycles. The molecule has 3 rings (SSSR count). The van der Waals surface area contributed by atoms with Crippen molar-refractivity contribution in [2.24, 2.45) is 5.92 Å². The molecule has 1 aromatic carbocycles. The molecule has 0 saturated carbocycles. The molecule has 1 aromatic heterocycles. The molecule has 0 aliphatic carbocycles. The summed E-state index contributed by atoms with van der Waals surface area (Å²) in [5.74, 6) is -1.66. The number of aromatic nitrogens is 1. The van der Waals surface area contributed by atoms with Crippen molar-refractivity contribution in [3.8, 4) is 0 Å². The van der Waals surface area contributed by atoms with Crippen molar-refractivity contribution in [1.29, 1.82) is 0 Å². The number of nitrogens with zero attached hydrogens (tertiary/aromatic N) is 2. The monoisotopic (exact) mass is 380 g/mol. The van der Waals surface area contributed by atoms with Gasteiger partial charge in [0.15, 0.2) is 0 Å². The number of carbonyl (C=O) groups is 3. The molecule has 0 radical (unpaired) electrons. The molecule has 28 heavy (non-hydrogen) atoms. The van der Waals surface area contributed by atoms with Gasteiger partial charge in [-0.3, -0.25) is 30.2 Å². The SMILES string of the molecule is CCC1CCC(c2ccccc2)N(C(=O)C(=O)NNC(=O)c2cccnc2)C1. The quantitative estimate of drug-likeness (QED) is 0.631. The van der Waals surface area contributed by atoms with Crippen molar-refractivity contribution in [2.75, 3.05) is 6.54 Å². The summed E-state index contributed by atoms with van der Waals surface area (Å²) in [6.07, 6.45) is 5.70. The molecule has 146 valence electrons. The highest BCUT2D eigenvalue weighted by Crippen LogP contribution is 2.34. The lowest BCUT2D eigenvalue weighted by Gasteiger charge is -2.39. The Labute approximate surface area is 164 Å². The molecule has 2 atom stereocenters. The maximum absolute atomic E-state index is 12.8. The fourth-order valence-electron chi connectivity index (χ4n) is 3.49. The Hall–Kier alpha value is -3.22. The molecule has 0 spiro atoms. The molecular weight excluding hydrogens is 356 g/mol. The third-order valence-corrected chi connectivity index (χ3v) is 5.11. The van der Waals surface area contributed by atoms with Gasteiger partial charge < -0.3 is 4.90 Å². The maximum Gasteiger partial charge on any atom is 0.327 e. The topological polar surface area (TPSA) is 91.4 Å². The Morgan fingerprint density at radius 3 is 2.54 bits per heavy atom. The first-order chi connectivity index (χ1) is 13.6. The van der Waals surface area contributed by atoms with Crippen LogP contribution in [0, 0.1) is 5.92 Å². The fourth-order valence-corrected chi connectivity index (χ4v) is 3.49. The summed E-state index contributed by atoms with van der Waals surface area (Å²) in [5.41, 5.74) is 5.80. The van der Waals surface area contributed by atoms with Gasteiger partial charge in [-0.05, 0) is 36.5 Å². The van der Waals surface area contributed by atoms with Gasteiger partial charge in [0.1, 0.15) is 0 Å². The summed E-state index contributed by atoms with van der Waals surface area (Å²) in [7, 11) is 0. The molecule has 1 saturated heterocycles. The van der Waals surface area contributed by atoms with E-state index in [1.54, 1.807) is 23.2 Å². The summed E-state index contributed by atoms with van der Waals surface area (Å²) in [4.78, 5) is 42.8. The Morgan fingerprint density at radius 2 is 1.86 bits per heavy atom. The number of amides is 3. The lowest BCUT2D eigenvalue weighted by molar-refractivity contribution is -0.149. The van der Waals surface area contributed by atoms with Crippen LogP contribution in [0.5, 0.6) is 0 Å². The van der Waals surface area contributed by atoms with Gasteiger partial charge in [-0.2, -0.15) is 0 Å². The average Bonchev–Trinajstić information content (AvgIpc) is 2.77. The summed E-state index contributed by atoms with van der Waals surface area (Å²) in [6, 6.07) is 12.8. The van der Waals surface area contributed by atoms with E-state index in [1.165, 1.54) is 6.20 Å². The van der Waals surface area contributed by atoms with Crippen LogP contribution in [-0.2, 0) is 9.59 Å². The van der Waals surface area contributed by atoms with Crippen molar-refractivity contribution in [3.63, 3.8) is 0 Å². The van der Waals surface area contributed by atoms with Crippen LogP contribution in [0.1, 0.15) is 48.1 Å². The van der Waals surface area contributed by atoms with Crippen LogP contribution in [0.4, 0.5) is 0 Å². The molecule has 1 fully saturated rings. The van der Waals surface area contributed by atoms with E-state index >= 15 is 0 Å². The zero-order valence-electron chi connectivity index (χ0n) is 15.8. The van der Waals surface area contributed by atoms with Crippen LogP contribution < -0.4 is 10.9 Å². The number of rotatable bonds is 3. The Kier molecular flexibility index (Phi) is 6.37. The van der Waals surface area contributed by atoms with E-state index in [-0.39, 0.29) is 6.04 Å². The number of piperidine rings is 1. The van der Waals surface area contributed by atoms with Gasteiger partial charge in [-0.15, -0.1) is 0 Å². The largest absolute Gasteiger partial charge is 0.327 e. The molecule has 2 unspecified atom stereocenters. The van der Waals surface area contributed by atoms with Gasteiger partial charge in [0.05, 0.1) is 11.6 Å². The second kappa shape index (κ2) is 9.12. The van der Waals surface area contributed by atoms with Crippen LogP contribution in [-0.4, -0.2) is 34.2 Å². The van der Waals surface area contributed by atoms with Crippen molar-refractivity contribution < 1.29 is 14.4 Å². The van der Waals surface area contributed by atoms with Gasteiger partial charge in [-0.25, -0.2) is 0 Å². The van der Waals surface area contributed by atoms with Crippen molar-refractivity contribution in [1.82, 2.24) is 20.7 Å². The molecule has 2 aromatic rings. The summed E-state index contributed by atoms with van der Waals surface area (Å²) >= 11 is 0. The number of nitrogens with one attached hydrogen (secondary N) is 2. The van der Waals surface area contributed by atoms with Gasteiger partial charge in [0, 0.05) is 18.9 Å². The number of likely N-dealkylation sites (tertiary alicyclic amines) is 1. The third kappa shape index (κ3) is 4.54. The Morgan fingerprint density at radius 1 is 1.07 bits per heavy atom. The van der Waals surface area contributed by atoms with E-state index in [0.29, 0.717) is 18.0 Å². The molecule has 3 amide bonds. The van der Waals surface area contributed by atoms with Crippen LogP contribution in [0.25, 0.3) is 0 Å². The highest BCUT2D eigenvalue weighted by Gasteiger charge is 2.35. The van der Waals surface area contributed by atoms with E-state index in [0.717, 1.165) is 24.8 Å². The standard InChI is InChI=1S/C21H24N4O3/c1-2-15-10-11-18(16-7-4-3-5-8-16)25(14-15)21(28)20(27)24-23-19(26)17-9-6-12-22-13-17/h3-9,12-13,15,18H,2,10-11,14H2,1H3,(H,23,26)(H,24,27). The molecule has 1 aliphatic heterocycles. The highest BCUT2D eigenvalue weighted by molar-refractivity contribution is 6.35. The lowest BCUT2D eigenvalue weighted by atomic mass is 9.87. The minimum Gasteiger partial charge on any atom is -0.327 e. The number of benzene rings is 1. The smallest absolute Gasteiger partial charge is 0.327 e. The number of hydrogen-bond donors (Lipinski definition) is 2. The number of hydrogen-bond acceptors (Lipinski definition) is 4. The molecular formula is C21H24N4O3. The van der Waals surface area contributed by atoms with Gasteiger partial charge in [0.25, 0.3) is 5.91 Å². The van der Waals surface area contributed by atoms with E-state index in [9.17, 15) is 14.4 Å². The van der Waals surface area contributed by atoms with E-state index < -0.39 is 17.7 Å². The number of pyridine rings is 1. The van der Waals surface area contributed by atoms with Gasteiger partial charge >= 0.3 is 11.8 Å². The molecule has 2 N–H and O–H groups in total. The van der Waals surface area contributed by atoms with Crippen molar-refractivity contribution in [3.05, 3.63) is 66.0 Å². The van der Waals surface area contributed by atoms with Crippen LogP contribution in [0.15, 0.2) is 54.9 Å². The maximum atomic E-state index is 12.8. The van der Waals surface area contributed by atoms with Crippen LogP contribution >= 0.6 is 0 Å². The predicted octanol–water partition coefficient (Wildman–Crippen LogP) is 2.23. The van der Waals surface area contributed by atoms with Crippen molar-refractivity contribution in [2.45, 2.75) is 32.2 Å². The Balaban J connectivity index is 1.68.